The summed E-state index contributed by atoms with van der Waals surface area (Å²) in [5.74, 6) is -1.31. The molecule has 1 saturated heterocycles. The number of rotatable bonds is 10. The van der Waals surface area contributed by atoms with Crippen LogP contribution < -0.4 is 10.6 Å². The average Bonchev–Trinajstić information content (AvgIpc) is 3.46. The van der Waals surface area contributed by atoms with E-state index in [-0.39, 0.29) is 24.3 Å². The van der Waals surface area contributed by atoms with Crippen LogP contribution in [0.5, 0.6) is 0 Å². The molecule has 4 aromatic rings. The van der Waals surface area contributed by atoms with E-state index < -0.39 is 11.5 Å². The summed E-state index contributed by atoms with van der Waals surface area (Å²) < 4.78 is 2.08. The van der Waals surface area contributed by atoms with E-state index >= 15 is 0 Å². The molecule has 7 rings (SSSR count). The number of hydrogen-bond donors (Lipinski definition) is 3. The quantitative estimate of drug-likeness (QED) is 0.175. The number of amides is 3. The molecular weight excluding hydrogens is 656 g/mol. The Bertz CT molecular complexity index is 1990. The topological polar surface area (TPSA) is 137 Å². The number of benzene rings is 2. The zero-order chi connectivity index (χ0) is 36.2. The molecular formula is C41H46N6O5. The summed E-state index contributed by atoms with van der Waals surface area (Å²) in [5, 5.41) is 16.0. The Balaban J connectivity index is 1.21. The van der Waals surface area contributed by atoms with Gasteiger partial charge < -0.3 is 30.1 Å². The number of aromatic nitrogens is 2. The predicted molar refractivity (Wildman–Crippen MR) is 201 cm³/mol. The highest BCUT2D eigenvalue weighted by Crippen LogP contribution is 2.44. The summed E-state index contributed by atoms with van der Waals surface area (Å²) in [6.07, 6.45) is 11.8. The molecule has 0 bridgehead atoms. The van der Waals surface area contributed by atoms with Crippen molar-refractivity contribution < 1.29 is 24.3 Å². The van der Waals surface area contributed by atoms with Crippen molar-refractivity contribution in [3.05, 3.63) is 89.6 Å². The standard InChI is InChI=1S/C41H46N6O5/c1-45-22-24-46(25-23-45)35(48)27-47-34-26-30(14-17-32(34)37(29-8-3-2-4-9-29)38(47)33-10-5-6-21-42-33)39(51)44-41(19-7-20-41)40(52)43-31-15-11-28(12-16-31)13-18-36(49)50/h5-6,10-18,21,26,29H,2-4,7-9,19-20,22-25,27H2,1H3,(H,43,52)(H,44,51)(H,49,50)/b18-13+. The van der Waals surface area contributed by atoms with Crippen LogP contribution in [0.2, 0.25) is 0 Å². The highest BCUT2D eigenvalue weighted by Gasteiger charge is 2.45. The van der Waals surface area contributed by atoms with Gasteiger partial charge in [0.15, 0.2) is 0 Å². The fourth-order valence-electron chi connectivity index (χ4n) is 7.88. The molecule has 2 aromatic carbocycles. The molecule has 3 heterocycles. The van der Waals surface area contributed by atoms with Gasteiger partial charge in [-0.1, -0.05) is 43.5 Å². The molecule has 270 valence electrons. The zero-order valence-electron chi connectivity index (χ0n) is 29.6. The minimum atomic E-state index is -1.06. The SMILES string of the molecule is CN1CCN(C(=O)Cn2c(-c3ccccn3)c(C3CCCCC3)c3ccc(C(=O)NC4(C(=O)Nc5ccc(/C=C/C(=O)O)cc5)CCC4)cc32)CC1. The van der Waals surface area contributed by atoms with E-state index in [4.69, 9.17) is 10.1 Å². The van der Waals surface area contributed by atoms with Gasteiger partial charge in [0.05, 0.1) is 16.9 Å². The van der Waals surface area contributed by atoms with Crippen LogP contribution in [0.15, 0.2) is 72.9 Å². The summed E-state index contributed by atoms with van der Waals surface area (Å²) in [6, 6.07) is 18.5. The summed E-state index contributed by atoms with van der Waals surface area (Å²) in [6.45, 7) is 3.14. The molecule has 3 aliphatic rings. The number of carbonyl (C=O) groups is 4. The number of nitrogens with one attached hydrogen (secondary N) is 2. The Kier molecular flexibility index (Phi) is 10.2. The van der Waals surface area contributed by atoms with Gasteiger partial charge in [-0.05, 0) is 98.7 Å². The highest BCUT2D eigenvalue weighted by atomic mass is 16.4. The molecule has 3 amide bonds. The van der Waals surface area contributed by atoms with Gasteiger partial charge in [0.25, 0.3) is 5.91 Å². The van der Waals surface area contributed by atoms with Crippen LogP contribution >= 0.6 is 0 Å². The molecule has 2 aliphatic carbocycles. The second kappa shape index (κ2) is 15.1. The van der Waals surface area contributed by atoms with Crippen molar-refractivity contribution >= 4 is 46.4 Å². The van der Waals surface area contributed by atoms with E-state index in [2.05, 4.69) is 27.1 Å². The maximum absolute atomic E-state index is 14.1. The van der Waals surface area contributed by atoms with Gasteiger partial charge in [-0.15, -0.1) is 0 Å². The van der Waals surface area contributed by atoms with Gasteiger partial charge in [0.2, 0.25) is 11.8 Å². The van der Waals surface area contributed by atoms with E-state index in [9.17, 15) is 19.2 Å². The monoisotopic (exact) mass is 702 g/mol. The van der Waals surface area contributed by atoms with Crippen molar-refractivity contribution in [2.75, 3.05) is 38.5 Å². The van der Waals surface area contributed by atoms with Crippen LogP contribution in [-0.2, 0) is 20.9 Å². The van der Waals surface area contributed by atoms with Crippen molar-refractivity contribution in [2.24, 2.45) is 0 Å². The van der Waals surface area contributed by atoms with Gasteiger partial charge in [-0.25, -0.2) is 4.79 Å². The lowest BCUT2D eigenvalue weighted by atomic mass is 9.75. The summed E-state index contributed by atoms with van der Waals surface area (Å²) in [5.41, 5.74) is 4.39. The molecule has 11 heteroatoms. The Morgan fingerprint density at radius 2 is 1.67 bits per heavy atom. The maximum Gasteiger partial charge on any atom is 0.328 e. The summed E-state index contributed by atoms with van der Waals surface area (Å²) in [4.78, 5) is 61.5. The van der Waals surface area contributed by atoms with Gasteiger partial charge in [0, 0.05) is 55.1 Å². The fraction of sp³-hybridized carbons (Fsp3) is 0.390. The van der Waals surface area contributed by atoms with Gasteiger partial charge >= 0.3 is 5.97 Å². The second-order valence-corrected chi connectivity index (χ2v) is 14.5. The Morgan fingerprint density at radius 3 is 2.33 bits per heavy atom. The smallest absolute Gasteiger partial charge is 0.328 e. The zero-order valence-corrected chi connectivity index (χ0v) is 29.6. The number of carbonyl (C=O) groups excluding carboxylic acids is 3. The van der Waals surface area contributed by atoms with Crippen LogP contribution in [-0.4, -0.2) is 86.9 Å². The minimum absolute atomic E-state index is 0.0447. The fourth-order valence-corrected chi connectivity index (χ4v) is 7.88. The third-order valence-electron chi connectivity index (χ3n) is 11.0. The van der Waals surface area contributed by atoms with Gasteiger partial charge in [-0.2, -0.15) is 0 Å². The molecule has 52 heavy (non-hydrogen) atoms. The average molecular weight is 703 g/mol. The number of carboxylic acid groups (broad SMARTS) is 1. The number of anilines is 1. The van der Waals surface area contributed by atoms with Crippen molar-refractivity contribution in [3.8, 4) is 11.4 Å². The first-order valence-corrected chi connectivity index (χ1v) is 18.4. The molecule has 2 saturated carbocycles. The van der Waals surface area contributed by atoms with Gasteiger partial charge in [-0.3, -0.25) is 19.4 Å². The van der Waals surface area contributed by atoms with Crippen LogP contribution in [0.25, 0.3) is 28.4 Å². The Labute approximate surface area is 303 Å². The lowest BCUT2D eigenvalue weighted by Crippen LogP contribution is -2.61. The third-order valence-corrected chi connectivity index (χ3v) is 11.0. The largest absolute Gasteiger partial charge is 0.478 e. The van der Waals surface area contributed by atoms with Gasteiger partial charge in [0.1, 0.15) is 12.1 Å². The van der Waals surface area contributed by atoms with Crippen LogP contribution in [0.1, 0.15) is 78.8 Å². The number of hydrogen-bond acceptors (Lipinski definition) is 6. The first-order chi connectivity index (χ1) is 25.2. The van der Waals surface area contributed by atoms with Crippen LogP contribution in [0, 0.1) is 0 Å². The number of pyridine rings is 1. The normalized spacial score (nSPS) is 17.9. The molecule has 1 aliphatic heterocycles. The number of nitrogens with zero attached hydrogens (tertiary/aromatic N) is 4. The molecule has 3 N–H and O–H groups in total. The second-order valence-electron chi connectivity index (χ2n) is 14.5. The first kappa shape index (κ1) is 35.1. The van der Waals surface area contributed by atoms with Crippen molar-refractivity contribution in [2.45, 2.75) is 69.4 Å². The molecule has 0 spiro atoms. The van der Waals surface area contributed by atoms with E-state index in [0.717, 1.165) is 73.6 Å². The molecule has 0 atom stereocenters. The van der Waals surface area contributed by atoms with E-state index in [1.54, 1.807) is 30.5 Å². The van der Waals surface area contributed by atoms with E-state index in [0.29, 0.717) is 48.7 Å². The number of piperazine rings is 1. The number of fused-ring (bicyclic) bond motifs is 1. The highest BCUT2D eigenvalue weighted by molar-refractivity contribution is 6.06. The van der Waals surface area contributed by atoms with E-state index in [1.165, 1.54) is 18.1 Å². The van der Waals surface area contributed by atoms with Crippen molar-refractivity contribution in [1.82, 2.24) is 24.7 Å². The minimum Gasteiger partial charge on any atom is -0.478 e. The summed E-state index contributed by atoms with van der Waals surface area (Å²) in [7, 11) is 2.07. The van der Waals surface area contributed by atoms with Crippen molar-refractivity contribution in [3.63, 3.8) is 0 Å². The lowest BCUT2D eigenvalue weighted by Gasteiger charge is -2.40. The molecule has 11 nitrogen and oxygen atoms in total. The Hall–Kier alpha value is -5.29. The Morgan fingerprint density at radius 1 is 0.923 bits per heavy atom. The molecule has 0 unspecified atom stereocenters. The van der Waals surface area contributed by atoms with Crippen LogP contribution in [0.4, 0.5) is 5.69 Å². The first-order valence-electron chi connectivity index (χ1n) is 18.4. The lowest BCUT2D eigenvalue weighted by molar-refractivity contribution is -0.133. The van der Waals surface area contributed by atoms with Crippen molar-refractivity contribution in [1.29, 1.82) is 0 Å². The van der Waals surface area contributed by atoms with E-state index in [1.807, 2.05) is 41.3 Å². The number of aliphatic carboxylic acids is 1. The number of carboxylic acids is 1. The molecule has 3 fully saturated rings. The third kappa shape index (κ3) is 7.36. The molecule has 2 aromatic heterocycles. The maximum atomic E-state index is 14.1. The number of likely N-dealkylation sites (N-methyl/N-ethyl adjacent to an activating group) is 1. The molecule has 0 radical (unpaired) electrons. The van der Waals surface area contributed by atoms with Crippen LogP contribution in [0.3, 0.4) is 0 Å². The summed E-state index contributed by atoms with van der Waals surface area (Å²) >= 11 is 0. The predicted octanol–water partition coefficient (Wildman–Crippen LogP) is 5.91.